The maximum Gasteiger partial charge on any atom is 0.335 e. The van der Waals surface area contributed by atoms with Crippen molar-refractivity contribution in [1.82, 2.24) is 9.78 Å². The van der Waals surface area contributed by atoms with Crippen LogP contribution in [-0.4, -0.2) is 27.4 Å². The number of nitrogens with zero attached hydrogens (tertiary/aromatic N) is 2. The number of aromatic carboxylic acids is 1. The van der Waals surface area contributed by atoms with Gasteiger partial charge in [0.05, 0.1) is 12.1 Å². The lowest BCUT2D eigenvalue weighted by Crippen LogP contribution is -2.10. The second-order valence-corrected chi connectivity index (χ2v) is 3.58. The third-order valence-electron chi connectivity index (χ3n) is 2.36. The van der Waals surface area contributed by atoms with Gasteiger partial charge in [0.1, 0.15) is 0 Å². The predicted molar refractivity (Wildman–Crippen MR) is 64.1 cm³/mol. The van der Waals surface area contributed by atoms with E-state index in [4.69, 9.17) is 5.11 Å². The third-order valence-corrected chi connectivity index (χ3v) is 2.36. The molecule has 0 spiro atoms. The van der Waals surface area contributed by atoms with Crippen LogP contribution in [0, 0.1) is 0 Å². The maximum atomic E-state index is 10.6. The van der Waals surface area contributed by atoms with Crippen LogP contribution in [0.25, 0.3) is 0 Å². The molecular weight excluding hydrogens is 218 g/mol. The summed E-state index contributed by atoms with van der Waals surface area (Å²) in [6, 6.07) is 8.55. The first-order chi connectivity index (χ1) is 8.25. The molecule has 0 saturated carbocycles. The summed E-state index contributed by atoms with van der Waals surface area (Å²) >= 11 is 0. The average Bonchev–Trinajstić information content (AvgIpc) is 2.83. The van der Waals surface area contributed by atoms with Crippen LogP contribution in [0.1, 0.15) is 10.4 Å². The largest absolute Gasteiger partial charge is 0.478 e. The number of benzene rings is 1. The summed E-state index contributed by atoms with van der Waals surface area (Å²) in [6.45, 7) is 1.52. The van der Waals surface area contributed by atoms with Crippen LogP contribution in [0.2, 0.25) is 0 Å². The minimum atomic E-state index is -0.909. The molecule has 0 aliphatic carbocycles. The van der Waals surface area contributed by atoms with Crippen LogP contribution in [0.5, 0.6) is 0 Å². The predicted octanol–water partition coefficient (Wildman–Crippen LogP) is 1.69. The van der Waals surface area contributed by atoms with E-state index in [9.17, 15) is 4.79 Å². The van der Waals surface area contributed by atoms with Gasteiger partial charge in [0.2, 0.25) is 0 Å². The normalized spacial score (nSPS) is 10.1. The molecule has 2 rings (SSSR count). The Morgan fingerprint density at radius 2 is 2.12 bits per heavy atom. The van der Waals surface area contributed by atoms with Crippen molar-refractivity contribution in [3.8, 4) is 0 Å². The quantitative estimate of drug-likeness (QED) is 0.821. The summed E-state index contributed by atoms with van der Waals surface area (Å²) in [7, 11) is 0. The van der Waals surface area contributed by atoms with Gasteiger partial charge in [-0.05, 0) is 30.3 Å². The Morgan fingerprint density at radius 3 is 2.71 bits per heavy atom. The molecule has 0 fully saturated rings. The first-order valence-corrected chi connectivity index (χ1v) is 5.30. The molecule has 0 aliphatic rings. The number of aromatic nitrogens is 2. The zero-order valence-electron chi connectivity index (χ0n) is 9.21. The van der Waals surface area contributed by atoms with Gasteiger partial charge >= 0.3 is 5.97 Å². The Labute approximate surface area is 98.7 Å². The Hall–Kier alpha value is -2.30. The van der Waals surface area contributed by atoms with Gasteiger partial charge in [0.15, 0.2) is 0 Å². The number of rotatable bonds is 5. The highest BCUT2D eigenvalue weighted by Gasteiger charge is 2.00. The van der Waals surface area contributed by atoms with Gasteiger partial charge in [0, 0.05) is 24.6 Å². The summed E-state index contributed by atoms with van der Waals surface area (Å²) in [5.41, 5.74) is 1.20. The van der Waals surface area contributed by atoms with Crippen LogP contribution in [0.4, 0.5) is 5.69 Å². The van der Waals surface area contributed by atoms with Gasteiger partial charge in [-0.1, -0.05) is 0 Å². The van der Waals surface area contributed by atoms with Crippen molar-refractivity contribution < 1.29 is 9.90 Å². The molecule has 17 heavy (non-hydrogen) atoms. The van der Waals surface area contributed by atoms with E-state index in [0.29, 0.717) is 5.56 Å². The van der Waals surface area contributed by atoms with Crippen molar-refractivity contribution in [3.05, 3.63) is 48.3 Å². The molecule has 2 N–H and O–H groups in total. The fourth-order valence-corrected chi connectivity index (χ4v) is 1.48. The van der Waals surface area contributed by atoms with Gasteiger partial charge in [0.25, 0.3) is 0 Å². The van der Waals surface area contributed by atoms with E-state index < -0.39 is 5.97 Å². The molecule has 5 heteroatoms. The van der Waals surface area contributed by atoms with E-state index in [0.717, 1.165) is 18.8 Å². The summed E-state index contributed by atoms with van der Waals surface area (Å²) in [5, 5.41) is 16.0. The minimum Gasteiger partial charge on any atom is -0.478 e. The highest BCUT2D eigenvalue weighted by atomic mass is 16.4. The first-order valence-electron chi connectivity index (χ1n) is 5.30. The lowest BCUT2D eigenvalue weighted by molar-refractivity contribution is 0.0697. The fraction of sp³-hybridized carbons (Fsp3) is 0.167. The fourth-order valence-electron chi connectivity index (χ4n) is 1.48. The van der Waals surface area contributed by atoms with E-state index in [1.165, 1.54) is 0 Å². The molecule has 5 nitrogen and oxygen atoms in total. The SMILES string of the molecule is O=C(O)c1ccc(NCCn2cccn2)cc1. The molecule has 0 aliphatic heterocycles. The lowest BCUT2D eigenvalue weighted by atomic mass is 10.2. The van der Waals surface area contributed by atoms with E-state index in [2.05, 4.69) is 10.4 Å². The van der Waals surface area contributed by atoms with Crippen molar-refractivity contribution in [2.24, 2.45) is 0 Å². The standard InChI is InChI=1S/C12H13N3O2/c16-12(17)10-2-4-11(5-3-10)13-7-9-15-8-1-6-14-15/h1-6,8,13H,7,9H2,(H,16,17). The van der Waals surface area contributed by atoms with Gasteiger partial charge in [-0.3, -0.25) is 4.68 Å². The van der Waals surface area contributed by atoms with Gasteiger partial charge < -0.3 is 10.4 Å². The summed E-state index contributed by atoms with van der Waals surface area (Å²) in [5.74, 6) is -0.909. The Morgan fingerprint density at radius 1 is 1.35 bits per heavy atom. The minimum absolute atomic E-state index is 0.294. The molecule has 0 radical (unpaired) electrons. The molecule has 0 saturated heterocycles. The van der Waals surface area contributed by atoms with Crippen LogP contribution in [0.3, 0.4) is 0 Å². The molecule has 0 atom stereocenters. The number of nitrogens with one attached hydrogen (secondary N) is 1. The molecule has 0 amide bonds. The van der Waals surface area contributed by atoms with Crippen molar-refractivity contribution in [2.75, 3.05) is 11.9 Å². The van der Waals surface area contributed by atoms with Gasteiger partial charge in [-0.15, -0.1) is 0 Å². The summed E-state index contributed by atoms with van der Waals surface area (Å²) < 4.78 is 1.83. The van der Waals surface area contributed by atoms with Crippen LogP contribution in [-0.2, 0) is 6.54 Å². The monoisotopic (exact) mass is 231 g/mol. The Balaban J connectivity index is 1.85. The molecule has 1 heterocycles. The van der Waals surface area contributed by atoms with E-state index in [1.807, 2.05) is 16.9 Å². The van der Waals surface area contributed by atoms with E-state index >= 15 is 0 Å². The zero-order chi connectivity index (χ0) is 12.1. The highest BCUT2D eigenvalue weighted by molar-refractivity contribution is 5.87. The zero-order valence-corrected chi connectivity index (χ0v) is 9.21. The molecule has 88 valence electrons. The number of carbonyl (C=O) groups is 1. The molecular formula is C12H13N3O2. The van der Waals surface area contributed by atoms with Crippen molar-refractivity contribution in [1.29, 1.82) is 0 Å². The first kappa shape index (κ1) is 11.2. The third kappa shape index (κ3) is 3.07. The molecule has 2 aromatic rings. The topological polar surface area (TPSA) is 67.2 Å². The lowest BCUT2D eigenvalue weighted by Gasteiger charge is -2.06. The molecule has 1 aromatic heterocycles. The van der Waals surface area contributed by atoms with Gasteiger partial charge in [-0.2, -0.15) is 5.10 Å². The second kappa shape index (κ2) is 5.16. The number of anilines is 1. The number of hydrogen-bond acceptors (Lipinski definition) is 3. The molecule has 0 unspecified atom stereocenters. The summed E-state index contributed by atoms with van der Waals surface area (Å²) in [6.07, 6.45) is 3.64. The summed E-state index contributed by atoms with van der Waals surface area (Å²) in [4.78, 5) is 10.6. The maximum absolute atomic E-state index is 10.6. The number of carboxylic acids is 1. The van der Waals surface area contributed by atoms with Gasteiger partial charge in [-0.25, -0.2) is 4.79 Å². The van der Waals surface area contributed by atoms with E-state index in [-0.39, 0.29) is 0 Å². The van der Waals surface area contributed by atoms with Crippen molar-refractivity contribution in [3.63, 3.8) is 0 Å². The van der Waals surface area contributed by atoms with Crippen molar-refractivity contribution >= 4 is 11.7 Å². The average molecular weight is 231 g/mol. The Kier molecular flexibility index (Phi) is 3.40. The Bertz CT molecular complexity index is 477. The van der Waals surface area contributed by atoms with E-state index in [1.54, 1.807) is 30.5 Å². The van der Waals surface area contributed by atoms with Crippen LogP contribution < -0.4 is 5.32 Å². The second-order valence-electron chi connectivity index (χ2n) is 3.58. The highest BCUT2D eigenvalue weighted by Crippen LogP contribution is 2.09. The van der Waals surface area contributed by atoms with Crippen LogP contribution >= 0.6 is 0 Å². The molecule has 0 bridgehead atoms. The number of hydrogen-bond donors (Lipinski definition) is 2. The smallest absolute Gasteiger partial charge is 0.335 e. The van der Waals surface area contributed by atoms with Crippen molar-refractivity contribution in [2.45, 2.75) is 6.54 Å². The number of carboxylic acid groups (broad SMARTS) is 1. The molecule has 1 aromatic carbocycles. The van der Waals surface area contributed by atoms with Crippen LogP contribution in [0.15, 0.2) is 42.7 Å².